The van der Waals surface area contributed by atoms with Gasteiger partial charge in [-0.3, -0.25) is 0 Å². The molecular weight excluding hydrogens is 479 g/mol. The molecule has 0 aliphatic carbocycles. The van der Waals surface area contributed by atoms with E-state index in [1.54, 1.807) is 31.4 Å². The minimum absolute atomic E-state index is 0.154. The number of benzene rings is 1. The smallest absolute Gasteiger partial charge is 0.250 e. The molecule has 0 radical (unpaired) electrons. The Morgan fingerprint density at radius 2 is 1.48 bits per heavy atom. The first kappa shape index (κ1) is 22.6. The van der Waals surface area contributed by atoms with E-state index in [1.807, 2.05) is 13.0 Å². The third-order valence-corrected chi connectivity index (χ3v) is 4.09. The van der Waals surface area contributed by atoms with E-state index in [9.17, 15) is 0 Å². The molecule has 0 aliphatic rings. The SMILES string of the molecule is CCOc1cc(/C=C/c2nc(C(Cl)(Cl)Cl)nc(C(Cl)(Cl)Cl)n2)ccc1OC. The van der Waals surface area contributed by atoms with Crippen molar-refractivity contribution in [3.63, 3.8) is 0 Å². The highest BCUT2D eigenvalue weighted by Crippen LogP contribution is 2.40. The Morgan fingerprint density at radius 1 is 0.889 bits per heavy atom. The average Bonchev–Trinajstić information content (AvgIpc) is 2.58. The number of halogens is 6. The molecule has 146 valence electrons. The van der Waals surface area contributed by atoms with Crippen LogP contribution in [0, 0.1) is 0 Å². The fourth-order valence-corrected chi connectivity index (χ4v) is 2.46. The lowest BCUT2D eigenvalue weighted by atomic mass is 10.2. The number of hydrogen-bond donors (Lipinski definition) is 0. The molecule has 0 atom stereocenters. The Balaban J connectivity index is 2.42. The van der Waals surface area contributed by atoms with Crippen molar-refractivity contribution in [2.24, 2.45) is 0 Å². The zero-order chi connectivity index (χ0) is 20.2. The summed E-state index contributed by atoms with van der Waals surface area (Å²) in [6, 6.07) is 5.40. The summed E-state index contributed by atoms with van der Waals surface area (Å²) >= 11 is 35.1. The second-order valence-electron chi connectivity index (χ2n) is 5.01. The number of nitrogens with zero attached hydrogens (tertiary/aromatic N) is 3. The summed E-state index contributed by atoms with van der Waals surface area (Å²) in [7, 11) is 1.56. The van der Waals surface area contributed by atoms with E-state index < -0.39 is 7.59 Å². The molecule has 1 aromatic carbocycles. The Bertz CT molecular complexity index is 802. The Labute approximate surface area is 186 Å². The van der Waals surface area contributed by atoms with Crippen LogP contribution >= 0.6 is 69.6 Å². The third-order valence-electron chi connectivity index (χ3n) is 3.07. The van der Waals surface area contributed by atoms with Gasteiger partial charge in [-0.05, 0) is 30.7 Å². The van der Waals surface area contributed by atoms with Gasteiger partial charge < -0.3 is 9.47 Å². The standard InChI is InChI=1S/C16H13Cl6N3O2/c1-3-27-11-8-9(4-6-10(11)26-2)5-7-12-23-13(15(17,18)19)25-14(24-12)16(20,21)22/h4-8H,3H2,1-2H3/b7-5+. The fourth-order valence-electron chi connectivity index (χ4n) is 1.96. The maximum Gasteiger partial charge on any atom is 0.250 e. The van der Waals surface area contributed by atoms with Gasteiger partial charge in [0.25, 0.3) is 0 Å². The van der Waals surface area contributed by atoms with Crippen LogP contribution in [0.1, 0.15) is 30.0 Å². The Morgan fingerprint density at radius 3 is 1.96 bits per heavy atom. The molecule has 2 rings (SSSR count). The number of hydrogen-bond acceptors (Lipinski definition) is 5. The van der Waals surface area contributed by atoms with Gasteiger partial charge in [-0.25, -0.2) is 15.0 Å². The molecule has 0 amide bonds. The zero-order valence-electron chi connectivity index (χ0n) is 14.0. The van der Waals surface area contributed by atoms with Crippen LogP contribution < -0.4 is 9.47 Å². The van der Waals surface area contributed by atoms with Gasteiger partial charge in [0.1, 0.15) is 0 Å². The Kier molecular flexibility index (Phi) is 7.70. The van der Waals surface area contributed by atoms with Crippen LogP contribution in [-0.2, 0) is 7.59 Å². The van der Waals surface area contributed by atoms with Crippen LogP contribution in [0.5, 0.6) is 11.5 Å². The van der Waals surface area contributed by atoms with Crippen molar-refractivity contribution < 1.29 is 9.47 Å². The molecule has 0 aliphatic heterocycles. The van der Waals surface area contributed by atoms with Crippen LogP contribution in [-0.4, -0.2) is 28.7 Å². The first-order valence-electron chi connectivity index (χ1n) is 7.44. The van der Waals surface area contributed by atoms with E-state index in [1.165, 1.54) is 0 Å². The Hall–Kier alpha value is -0.690. The molecule has 0 fully saturated rings. The highest BCUT2D eigenvalue weighted by atomic mass is 35.6. The molecule has 0 saturated heterocycles. The molecule has 27 heavy (non-hydrogen) atoms. The number of alkyl halides is 6. The van der Waals surface area contributed by atoms with Crippen LogP contribution in [0.15, 0.2) is 18.2 Å². The molecule has 0 bridgehead atoms. The average molecular weight is 492 g/mol. The molecule has 0 unspecified atom stereocenters. The van der Waals surface area contributed by atoms with Crippen LogP contribution in [0.2, 0.25) is 0 Å². The topological polar surface area (TPSA) is 57.1 Å². The number of methoxy groups -OCH3 is 1. The number of rotatable bonds is 5. The lowest BCUT2D eigenvalue weighted by Gasteiger charge is -2.14. The van der Waals surface area contributed by atoms with Crippen molar-refractivity contribution in [1.82, 2.24) is 15.0 Å². The molecule has 1 heterocycles. The first-order chi connectivity index (χ1) is 12.5. The maximum absolute atomic E-state index is 5.85. The largest absolute Gasteiger partial charge is 0.493 e. The van der Waals surface area contributed by atoms with Crippen molar-refractivity contribution in [3.8, 4) is 11.5 Å². The molecule has 2 aromatic rings. The summed E-state index contributed by atoms with van der Waals surface area (Å²) in [5.41, 5.74) is 0.797. The van der Waals surface area contributed by atoms with Crippen molar-refractivity contribution in [1.29, 1.82) is 0 Å². The number of aromatic nitrogens is 3. The monoisotopic (exact) mass is 489 g/mol. The van der Waals surface area contributed by atoms with Crippen LogP contribution in [0.3, 0.4) is 0 Å². The molecule has 0 spiro atoms. The van der Waals surface area contributed by atoms with Crippen molar-refractivity contribution in [3.05, 3.63) is 41.2 Å². The second-order valence-corrected chi connectivity index (χ2v) is 9.58. The van der Waals surface area contributed by atoms with E-state index >= 15 is 0 Å². The van der Waals surface area contributed by atoms with Gasteiger partial charge >= 0.3 is 0 Å². The van der Waals surface area contributed by atoms with Gasteiger partial charge in [0.05, 0.1) is 13.7 Å². The molecule has 11 heteroatoms. The quantitative estimate of drug-likeness (QED) is 0.473. The lowest BCUT2D eigenvalue weighted by molar-refractivity contribution is 0.311. The molecule has 0 saturated carbocycles. The van der Waals surface area contributed by atoms with Crippen molar-refractivity contribution in [2.45, 2.75) is 14.5 Å². The highest BCUT2D eigenvalue weighted by molar-refractivity contribution is 6.67. The lowest BCUT2D eigenvalue weighted by Crippen LogP contribution is -2.16. The molecule has 0 N–H and O–H groups in total. The highest BCUT2D eigenvalue weighted by Gasteiger charge is 2.33. The summed E-state index contributed by atoms with van der Waals surface area (Å²) in [6.45, 7) is 2.37. The summed E-state index contributed by atoms with van der Waals surface area (Å²) in [4.78, 5) is 12.1. The summed E-state index contributed by atoms with van der Waals surface area (Å²) in [6.07, 6.45) is 3.29. The normalized spacial score (nSPS) is 12.4. The van der Waals surface area contributed by atoms with Gasteiger partial charge in [0.2, 0.25) is 7.59 Å². The molecule has 1 aromatic heterocycles. The van der Waals surface area contributed by atoms with Crippen LogP contribution in [0.4, 0.5) is 0 Å². The van der Waals surface area contributed by atoms with Crippen molar-refractivity contribution >= 4 is 81.8 Å². The minimum atomic E-state index is -1.90. The van der Waals surface area contributed by atoms with E-state index in [0.29, 0.717) is 18.1 Å². The summed E-state index contributed by atoms with van der Waals surface area (Å²) < 4.78 is 6.99. The van der Waals surface area contributed by atoms with Gasteiger partial charge in [-0.2, -0.15) is 0 Å². The zero-order valence-corrected chi connectivity index (χ0v) is 18.6. The predicted octanol–water partition coefficient (Wildman–Crippen LogP) is 6.10. The van der Waals surface area contributed by atoms with E-state index in [4.69, 9.17) is 79.1 Å². The van der Waals surface area contributed by atoms with Gasteiger partial charge in [0.15, 0.2) is 29.0 Å². The fraction of sp³-hybridized carbons (Fsp3) is 0.312. The first-order valence-corrected chi connectivity index (χ1v) is 9.70. The van der Waals surface area contributed by atoms with Crippen LogP contribution in [0.25, 0.3) is 12.2 Å². The van der Waals surface area contributed by atoms with Gasteiger partial charge in [-0.15, -0.1) is 0 Å². The number of ether oxygens (including phenoxy) is 2. The summed E-state index contributed by atoms with van der Waals surface area (Å²) in [5.74, 6) is 1.05. The van der Waals surface area contributed by atoms with Gasteiger partial charge in [0, 0.05) is 0 Å². The predicted molar refractivity (Wildman–Crippen MR) is 111 cm³/mol. The van der Waals surface area contributed by atoms with E-state index in [-0.39, 0.29) is 17.5 Å². The summed E-state index contributed by atoms with van der Waals surface area (Å²) in [5, 5.41) is 0. The maximum atomic E-state index is 5.85. The van der Waals surface area contributed by atoms with Crippen molar-refractivity contribution in [2.75, 3.05) is 13.7 Å². The van der Waals surface area contributed by atoms with E-state index in [2.05, 4.69) is 15.0 Å². The third kappa shape index (κ3) is 6.41. The van der Waals surface area contributed by atoms with Gasteiger partial charge in [-0.1, -0.05) is 81.7 Å². The molecule has 5 nitrogen and oxygen atoms in total. The minimum Gasteiger partial charge on any atom is -0.493 e. The second kappa shape index (κ2) is 9.21. The van der Waals surface area contributed by atoms with E-state index in [0.717, 1.165) is 5.56 Å². The molecular formula is C16H13Cl6N3O2.